The predicted octanol–water partition coefficient (Wildman–Crippen LogP) is 2.64. The van der Waals surface area contributed by atoms with Crippen molar-refractivity contribution < 1.29 is 5.11 Å². The van der Waals surface area contributed by atoms with E-state index in [1.807, 2.05) is 34.8 Å². The molecule has 130 valence electrons. The summed E-state index contributed by atoms with van der Waals surface area (Å²) < 4.78 is 1.81. The Balaban J connectivity index is 1.51. The predicted molar refractivity (Wildman–Crippen MR) is 96.5 cm³/mol. The van der Waals surface area contributed by atoms with Crippen LogP contribution in [0.3, 0.4) is 0 Å². The lowest BCUT2D eigenvalue weighted by molar-refractivity contribution is 0.0928. The second kappa shape index (κ2) is 6.80. The molecule has 0 aliphatic carbocycles. The van der Waals surface area contributed by atoms with Crippen LogP contribution in [0, 0.1) is 5.92 Å². The molecule has 1 aliphatic heterocycles. The van der Waals surface area contributed by atoms with E-state index < -0.39 is 6.10 Å². The van der Waals surface area contributed by atoms with E-state index in [1.165, 1.54) is 0 Å². The molecule has 0 saturated carbocycles. The zero-order valence-corrected chi connectivity index (χ0v) is 14.4. The van der Waals surface area contributed by atoms with Gasteiger partial charge in [-0.3, -0.25) is 0 Å². The van der Waals surface area contributed by atoms with Crippen LogP contribution in [0.15, 0.2) is 42.7 Å². The number of hydrogen-bond acceptors (Lipinski definition) is 5. The summed E-state index contributed by atoms with van der Waals surface area (Å²) >= 11 is 0. The third-order valence-corrected chi connectivity index (χ3v) is 5.10. The Morgan fingerprint density at radius 2 is 1.96 bits per heavy atom. The smallest absolute Gasteiger partial charge is 0.254 e. The summed E-state index contributed by atoms with van der Waals surface area (Å²) in [6.07, 6.45) is 3.95. The lowest BCUT2D eigenvalue weighted by atomic mass is 9.87. The normalized spacial score (nSPS) is 17.1. The molecule has 3 heterocycles. The molecule has 0 spiro atoms. The maximum Gasteiger partial charge on any atom is 0.254 e. The minimum Gasteiger partial charge on any atom is -0.388 e. The highest BCUT2D eigenvalue weighted by Gasteiger charge is 2.27. The van der Waals surface area contributed by atoms with Crippen molar-refractivity contribution in [2.24, 2.45) is 5.92 Å². The van der Waals surface area contributed by atoms with Crippen LogP contribution in [0.1, 0.15) is 37.1 Å². The number of hydrogen-bond donors (Lipinski definition) is 1. The number of rotatable bonds is 4. The van der Waals surface area contributed by atoms with Gasteiger partial charge in [0.25, 0.3) is 5.78 Å². The standard InChI is InChI=1S/C19H23N5O/c1-2-16-12-17(24-19(22-16)20-13-21-24)23-10-8-15(9-11-23)18(25)14-6-4-3-5-7-14/h3-7,12-13,15,18,25H,2,8-11H2,1H3. The molecule has 4 rings (SSSR count). The van der Waals surface area contributed by atoms with Gasteiger partial charge in [0.1, 0.15) is 12.1 Å². The number of aliphatic hydroxyl groups excluding tert-OH is 1. The van der Waals surface area contributed by atoms with Crippen molar-refractivity contribution in [3.63, 3.8) is 0 Å². The van der Waals surface area contributed by atoms with Gasteiger partial charge in [-0.1, -0.05) is 37.3 Å². The molecular weight excluding hydrogens is 314 g/mol. The van der Waals surface area contributed by atoms with E-state index in [1.54, 1.807) is 6.33 Å². The van der Waals surface area contributed by atoms with Gasteiger partial charge in [0.2, 0.25) is 0 Å². The second-order valence-corrected chi connectivity index (χ2v) is 6.61. The van der Waals surface area contributed by atoms with E-state index in [0.29, 0.717) is 5.78 Å². The molecule has 1 aliphatic rings. The average Bonchev–Trinajstić information content (AvgIpc) is 3.16. The number of fused-ring (bicyclic) bond motifs is 1. The van der Waals surface area contributed by atoms with E-state index in [-0.39, 0.29) is 5.92 Å². The fraction of sp³-hybridized carbons (Fsp3) is 0.421. The average molecular weight is 337 g/mol. The Bertz CT molecular complexity index is 839. The zero-order valence-electron chi connectivity index (χ0n) is 14.4. The SMILES string of the molecule is CCc1cc(N2CCC(C(O)c3ccccc3)CC2)n2ncnc2n1. The van der Waals surface area contributed by atoms with Gasteiger partial charge in [0, 0.05) is 24.8 Å². The van der Waals surface area contributed by atoms with Crippen LogP contribution in [0.25, 0.3) is 5.78 Å². The lowest BCUT2D eigenvalue weighted by Crippen LogP contribution is -2.37. The van der Waals surface area contributed by atoms with E-state index in [4.69, 9.17) is 0 Å². The summed E-state index contributed by atoms with van der Waals surface area (Å²) in [6.45, 7) is 3.90. The molecule has 6 nitrogen and oxygen atoms in total. The highest BCUT2D eigenvalue weighted by atomic mass is 16.3. The van der Waals surface area contributed by atoms with Gasteiger partial charge in [-0.05, 0) is 30.7 Å². The maximum atomic E-state index is 10.7. The van der Waals surface area contributed by atoms with Gasteiger partial charge in [0.05, 0.1) is 6.10 Å². The lowest BCUT2D eigenvalue weighted by Gasteiger charge is -2.35. The molecule has 6 heteroatoms. The van der Waals surface area contributed by atoms with Gasteiger partial charge < -0.3 is 10.0 Å². The number of nitrogens with zero attached hydrogens (tertiary/aromatic N) is 5. The Morgan fingerprint density at radius 3 is 2.68 bits per heavy atom. The van der Waals surface area contributed by atoms with E-state index in [0.717, 1.165) is 49.4 Å². The molecule has 0 amide bonds. The highest BCUT2D eigenvalue weighted by Crippen LogP contribution is 2.32. The monoisotopic (exact) mass is 337 g/mol. The summed E-state index contributed by atoms with van der Waals surface area (Å²) in [4.78, 5) is 11.1. The van der Waals surface area contributed by atoms with Crippen molar-refractivity contribution >= 4 is 11.6 Å². The molecule has 3 aromatic rings. The topological polar surface area (TPSA) is 66.5 Å². The molecule has 2 aromatic heterocycles. The molecule has 1 N–H and O–H groups in total. The maximum absolute atomic E-state index is 10.7. The van der Waals surface area contributed by atoms with Gasteiger partial charge >= 0.3 is 0 Å². The van der Waals surface area contributed by atoms with Gasteiger partial charge in [-0.15, -0.1) is 0 Å². The van der Waals surface area contributed by atoms with E-state index in [2.05, 4.69) is 33.0 Å². The molecule has 0 bridgehead atoms. The number of benzene rings is 1. The Hall–Kier alpha value is -2.47. The van der Waals surface area contributed by atoms with Crippen LogP contribution in [-0.4, -0.2) is 37.8 Å². The third-order valence-electron chi connectivity index (χ3n) is 5.10. The second-order valence-electron chi connectivity index (χ2n) is 6.61. The first-order valence-corrected chi connectivity index (χ1v) is 8.94. The third kappa shape index (κ3) is 3.09. The fourth-order valence-corrected chi connectivity index (χ4v) is 3.62. The Labute approximate surface area is 147 Å². The Morgan fingerprint density at radius 1 is 1.20 bits per heavy atom. The first kappa shape index (κ1) is 16.0. The van der Waals surface area contributed by atoms with Crippen LogP contribution < -0.4 is 4.90 Å². The quantitative estimate of drug-likeness (QED) is 0.793. The summed E-state index contributed by atoms with van der Waals surface area (Å²) in [5, 5.41) is 15.0. The number of piperidine rings is 1. The van der Waals surface area contributed by atoms with Crippen LogP contribution in [0.2, 0.25) is 0 Å². The molecule has 1 aromatic carbocycles. The Kier molecular flexibility index (Phi) is 4.36. The first-order chi connectivity index (χ1) is 12.3. The molecule has 25 heavy (non-hydrogen) atoms. The molecule has 0 radical (unpaired) electrons. The molecule has 1 saturated heterocycles. The largest absolute Gasteiger partial charge is 0.388 e. The number of aromatic nitrogens is 4. The van der Waals surface area contributed by atoms with Gasteiger partial charge in [0.15, 0.2) is 0 Å². The summed E-state index contributed by atoms with van der Waals surface area (Å²) in [6, 6.07) is 12.1. The number of aryl methyl sites for hydroxylation is 1. The van der Waals surface area contributed by atoms with Crippen molar-refractivity contribution in [3.8, 4) is 0 Å². The minimum atomic E-state index is -0.390. The van der Waals surface area contributed by atoms with Crippen molar-refractivity contribution in [1.82, 2.24) is 19.6 Å². The zero-order chi connectivity index (χ0) is 17.2. The van der Waals surface area contributed by atoms with Crippen molar-refractivity contribution in [2.75, 3.05) is 18.0 Å². The molecule has 1 unspecified atom stereocenters. The van der Waals surface area contributed by atoms with Crippen molar-refractivity contribution in [1.29, 1.82) is 0 Å². The summed E-state index contributed by atoms with van der Waals surface area (Å²) in [5.41, 5.74) is 2.04. The van der Waals surface area contributed by atoms with Crippen LogP contribution in [0.4, 0.5) is 5.82 Å². The van der Waals surface area contributed by atoms with Crippen molar-refractivity contribution in [3.05, 3.63) is 54.0 Å². The van der Waals surface area contributed by atoms with Crippen LogP contribution in [-0.2, 0) is 6.42 Å². The van der Waals surface area contributed by atoms with Crippen molar-refractivity contribution in [2.45, 2.75) is 32.3 Å². The molecule has 1 atom stereocenters. The molecular formula is C19H23N5O. The van der Waals surface area contributed by atoms with Crippen LogP contribution in [0.5, 0.6) is 0 Å². The van der Waals surface area contributed by atoms with E-state index >= 15 is 0 Å². The molecule has 1 fully saturated rings. The van der Waals surface area contributed by atoms with Crippen LogP contribution >= 0.6 is 0 Å². The van der Waals surface area contributed by atoms with Gasteiger partial charge in [-0.2, -0.15) is 14.6 Å². The highest BCUT2D eigenvalue weighted by molar-refractivity contribution is 5.47. The summed E-state index contributed by atoms with van der Waals surface area (Å²) in [5.74, 6) is 1.99. The minimum absolute atomic E-state index is 0.289. The van der Waals surface area contributed by atoms with E-state index in [9.17, 15) is 5.11 Å². The number of aliphatic hydroxyl groups is 1. The first-order valence-electron chi connectivity index (χ1n) is 8.94. The summed E-state index contributed by atoms with van der Waals surface area (Å²) in [7, 11) is 0. The number of anilines is 1. The fourth-order valence-electron chi connectivity index (χ4n) is 3.62. The van der Waals surface area contributed by atoms with Gasteiger partial charge in [-0.25, -0.2) is 4.98 Å².